The number of nitrogens with zero attached hydrogens (tertiary/aromatic N) is 1. The molecule has 1 aliphatic carbocycles. The smallest absolute Gasteiger partial charge is 0.167 e. The van der Waals surface area contributed by atoms with Gasteiger partial charge in [-0.1, -0.05) is 12.5 Å². The zero-order valence-corrected chi connectivity index (χ0v) is 17.5. The van der Waals surface area contributed by atoms with Crippen LogP contribution in [0.5, 0.6) is 11.5 Å². The van der Waals surface area contributed by atoms with E-state index in [0.29, 0.717) is 30.6 Å². The summed E-state index contributed by atoms with van der Waals surface area (Å²) in [5.41, 5.74) is 2.81. The van der Waals surface area contributed by atoms with Gasteiger partial charge in [-0.2, -0.15) is 0 Å². The molecule has 0 unspecified atom stereocenters. The normalized spacial score (nSPS) is 18.6. The van der Waals surface area contributed by atoms with Crippen LogP contribution in [0, 0.1) is 0 Å². The van der Waals surface area contributed by atoms with E-state index in [1.807, 2.05) is 42.5 Å². The highest BCUT2D eigenvalue weighted by atomic mass is 16.5. The van der Waals surface area contributed by atoms with Gasteiger partial charge in [0.2, 0.25) is 0 Å². The van der Waals surface area contributed by atoms with Crippen molar-refractivity contribution in [2.45, 2.75) is 32.1 Å². The minimum absolute atomic E-state index is 0.0194. The number of likely N-dealkylation sites (tertiary alicyclic amines) is 1. The molecule has 0 amide bonds. The fraction of sp³-hybridized carbons (Fsp3) is 0.400. The lowest BCUT2D eigenvalue weighted by Gasteiger charge is -2.26. The summed E-state index contributed by atoms with van der Waals surface area (Å²) in [6, 6.07) is 12.9. The number of piperidine rings is 1. The van der Waals surface area contributed by atoms with Crippen molar-refractivity contribution in [3.8, 4) is 11.5 Å². The highest BCUT2D eigenvalue weighted by molar-refractivity contribution is 6.28. The number of ketones is 1. The van der Waals surface area contributed by atoms with E-state index in [1.165, 1.54) is 19.3 Å². The van der Waals surface area contributed by atoms with Crippen molar-refractivity contribution in [2.24, 2.45) is 0 Å². The molecule has 30 heavy (non-hydrogen) atoms. The zero-order chi connectivity index (χ0) is 20.9. The van der Waals surface area contributed by atoms with E-state index in [2.05, 4.69) is 4.90 Å². The molecule has 1 saturated heterocycles. The summed E-state index contributed by atoms with van der Waals surface area (Å²) in [4.78, 5) is 15.0. The fourth-order valence-electron chi connectivity index (χ4n) is 4.26. The van der Waals surface area contributed by atoms with Crippen LogP contribution in [0.4, 0.5) is 0 Å². The Hall–Kier alpha value is -2.79. The first kappa shape index (κ1) is 20.5. The lowest BCUT2D eigenvalue weighted by atomic mass is 9.84. The van der Waals surface area contributed by atoms with Gasteiger partial charge in [-0.3, -0.25) is 9.69 Å². The summed E-state index contributed by atoms with van der Waals surface area (Å²) in [5.74, 6) is 1.51. The molecule has 0 radical (unpaired) electrons. The number of ether oxygens (including phenoxy) is 2. The summed E-state index contributed by atoms with van der Waals surface area (Å²) < 4.78 is 11.2. The van der Waals surface area contributed by atoms with Crippen molar-refractivity contribution in [1.82, 2.24) is 4.90 Å². The Morgan fingerprint density at radius 2 is 1.73 bits per heavy atom. The van der Waals surface area contributed by atoms with E-state index in [-0.39, 0.29) is 11.5 Å². The largest absolute Gasteiger partial charge is 0.507 e. The lowest BCUT2D eigenvalue weighted by molar-refractivity contribution is -0.113. The third kappa shape index (κ3) is 4.51. The maximum absolute atomic E-state index is 12.6. The Morgan fingerprint density at radius 1 is 1.00 bits per heavy atom. The molecule has 2 aromatic carbocycles. The van der Waals surface area contributed by atoms with Crippen molar-refractivity contribution < 1.29 is 19.4 Å². The van der Waals surface area contributed by atoms with Crippen LogP contribution in [0.15, 0.2) is 42.5 Å². The van der Waals surface area contributed by atoms with Crippen molar-refractivity contribution in [2.75, 3.05) is 33.4 Å². The maximum atomic E-state index is 12.6. The number of aliphatic hydroxyl groups is 1. The number of hydrogen-bond acceptors (Lipinski definition) is 5. The Balaban J connectivity index is 1.48. The number of benzene rings is 2. The van der Waals surface area contributed by atoms with Gasteiger partial charge < -0.3 is 14.6 Å². The van der Waals surface area contributed by atoms with Crippen LogP contribution < -0.4 is 9.47 Å². The number of aryl methyl sites for hydroxylation is 1. The van der Waals surface area contributed by atoms with Gasteiger partial charge in [-0.05, 0) is 79.9 Å². The monoisotopic (exact) mass is 407 g/mol. The number of aliphatic hydroxyl groups excluding tert-OH is 1. The Morgan fingerprint density at radius 3 is 2.47 bits per heavy atom. The molecule has 0 aromatic heterocycles. The third-order valence-corrected chi connectivity index (χ3v) is 5.97. The number of hydrogen-bond donors (Lipinski definition) is 1. The highest BCUT2D eigenvalue weighted by Crippen LogP contribution is 2.35. The second-order valence-corrected chi connectivity index (χ2v) is 7.95. The molecule has 5 nitrogen and oxygen atoms in total. The van der Waals surface area contributed by atoms with Crippen LogP contribution in [0.3, 0.4) is 0 Å². The van der Waals surface area contributed by atoms with Gasteiger partial charge in [0.15, 0.2) is 5.78 Å². The second-order valence-electron chi connectivity index (χ2n) is 7.95. The van der Waals surface area contributed by atoms with E-state index >= 15 is 0 Å². The third-order valence-electron chi connectivity index (χ3n) is 5.97. The second kappa shape index (κ2) is 9.35. The van der Waals surface area contributed by atoms with Crippen LogP contribution >= 0.6 is 0 Å². The number of carbonyl (C=O) groups excluding carboxylic acids is 1. The number of allylic oxidation sites excluding steroid dienone is 1. The predicted molar refractivity (Wildman–Crippen MR) is 118 cm³/mol. The van der Waals surface area contributed by atoms with Gasteiger partial charge in [0, 0.05) is 18.5 Å². The standard InChI is InChI=1S/C25H29NO4/c1-29-21-10-11-22-19(17-21)7-12-23(27)24(22)25(28)18-5-8-20(9-6-18)30-16-15-26-13-3-2-4-14-26/h5-6,8-11,17,28H,2-4,7,12-16H2,1H3. The maximum Gasteiger partial charge on any atom is 0.167 e. The minimum Gasteiger partial charge on any atom is -0.507 e. The topological polar surface area (TPSA) is 59.0 Å². The van der Waals surface area contributed by atoms with E-state index < -0.39 is 0 Å². The van der Waals surface area contributed by atoms with Crippen molar-refractivity contribution >= 4 is 17.1 Å². The molecule has 158 valence electrons. The lowest BCUT2D eigenvalue weighted by Crippen LogP contribution is -2.33. The molecule has 2 aliphatic rings. The first-order valence-electron chi connectivity index (χ1n) is 10.7. The van der Waals surface area contributed by atoms with Crippen LogP contribution in [-0.2, 0) is 11.2 Å². The number of fused-ring (bicyclic) bond motifs is 1. The molecular weight excluding hydrogens is 378 g/mol. The number of rotatable bonds is 6. The highest BCUT2D eigenvalue weighted by Gasteiger charge is 2.26. The average molecular weight is 408 g/mol. The number of carbonyl (C=O) groups is 1. The van der Waals surface area contributed by atoms with Crippen LogP contribution in [0.1, 0.15) is 42.4 Å². The molecule has 0 bridgehead atoms. The minimum atomic E-state index is -0.0352. The average Bonchev–Trinajstić information content (AvgIpc) is 2.79. The van der Waals surface area contributed by atoms with Gasteiger partial charge in [-0.15, -0.1) is 0 Å². The molecule has 0 atom stereocenters. The molecule has 1 fully saturated rings. The van der Waals surface area contributed by atoms with Gasteiger partial charge in [0.25, 0.3) is 0 Å². The molecule has 0 saturated carbocycles. The summed E-state index contributed by atoms with van der Waals surface area (Å²) in [7, 11) is 1.63. The fourth-order valence-corrected chi connectivity index (χ4v) is 4.26. The van der Waals surface area contributed by atoms with Crippen molar-refractivity contribution in [1.29, 1.82) is 0 Å². The van der Waals surface area contributed by atoms with Crippen LogP contribution in [0.25, 0.3) is 11.3 Å². The van der Waals surface area contributed by atoms with Crippen LogP contribution in [-0.4, -0.2) is 49.1 Å². The van der Waals surface area contributed by atoms with Crippen LogP contribution in [0.2, 0.25) is 0 Å². The first-order valence-corrected chi connectivity index (χ1v) is 10.7. The predicted octanol–water partition coefficient (Wildman–Crippen LogP) is 4.50. The van der Waals surface area contributed by atoms with Crippen molar-refractivity contribution in [3.05, 3.63) is 59.2 Å². The van der Waals surface area contributed by atoms with Gasteiger partial charge in [0.1, 0.15) is 23.9 Å². The molecule has 0 spiro atoms. The molecule has 4 rings (SSSR count). The zero-order valence-electron chi connectivity index (χ0n) is 17.5. The van der Waals surface area contributed by atoms with E-state index in [4.69, 9.17) is 9.47 Å². The summed E-state index contributed by atoms with van der Waals surface area (Å²) in [6.45, 7) is 3.90. The summed E-state index contributed by atoms with van der Waals surface area (Å²) >= 11 is 0. The summed E-state index contributed by atoms with van der Waals surface area (Å²) in [5, 5.41) is 10.9. The Kier molecular flexibility index (Phi) is 6.38. The van der Waals surface area contributed by atoms with Gasteiger partial charge in [0.05, 0.1) is 12.7 Å². The van der Waals surface area contributed by atoms with E-state index in [9.17, 15) is 9.90 Å². The Labute approximate surface area is 177 Å². The molecule has 2 aromatic rings. The van der Waals surface area contributed by atoms with Gasteiger partial charge >= 0.3 is 0 Å². The quantitative estimate of drug-likeness (QED) is 0.564. The van der Waals surface area contributed by atoms with Crippen molar-refractivity contribution in [3.63, 3.8) is 0 Å². The molecule has 1 aliphatic heterocycles. The first-order chi connectivity index (χ1) is 14.7. The molecule has 5 heteroatoms. The molecule has 1 heterocycles. The van der Waals surface area contributed by atoms with E-state index in [0.717, 1.165) is 42.3 Å². The molecular formula is C25H29NO4. The Bertz CT molecular complexity index is 927. The SMILES string of the molecule is COc1ccc2c(c1)CCC(=O)C2=C(O)c1ccc(OCCN2CCCCC2)cc1. The number of Topliss-reactive ketones (excluding diaryl/α,β-unsaturated/α-hetero) is 1. The molecule has 1 N–H and O–H groups in total. The van der Waals surface area contributed by atoms with Gasteiger partial charge in [-0.25, -0.2) is 0 Å². The van der Waals surface area contributed by atoms with E-state index in [1.54, 1.807) is 7.11 Å². The number of methoxy groups -OCH3 is 1. The summed E-state index contributed by atoms with van der Waals surface area (Å²) in [6.07, 6.45) is 4.93.